The van der Waals surface area contributed by atoms with Crippen molar-refractivity contribution in [1.82, 2.24) is 0 Å². The molecule has 1 aromatic carbocycles. The van der Waals surface area contributed by atoms with Crippen LogP contribution < -0.4 is 14.8 Å². The number of rotatable bonds is 2. The van der Waals surface area contributed by atoms with Crippen molar-refractivity contribution in [2.45, 2.75) is 58.3 Å². The highest BCUT2D eigenvalue weighted by molar-refractivity contribution is 5.56. The molecule has 116 valence electrons. The Labute approximate surface area is 123 Å². The van der Waals surface area contributed by atoms with Gasteiger partial charge in [-0.15, -0.1) is 8.78 Å². The molecule has 3 nitrogen and oxygen atoms in total. The molecule has 5 heteroatoms. The van der Waals surface area contributed by atoms with Gasteiger partial charge in [0.25, 0.3) is 0 Å². The molecule has 2 aliphatic rings. The Balaban J connectivity index is 1.67. The highest BCUT2D eigenvalue weighted by atomic mass is 19.3. The van der Waals surface area contributed by atoms with Gasteiger partial charge in [-0.2, -0.15) is 0 Å². The summed E-state index contributed by atoms with van der Waals surface area (Å²) < 4.78 is 34.9. The molecule has 1 aromatic rings. The lowest BCUT2D eigenvalue weighted by Gasteiger charge is -2.22. The summed E-state index contributed by atoms with van der Waals surface area (Å²) in [4.78, 5) is 0. The average Bonchev–Trinajstić information content (AvgIpc) is 2.58. The van der Waals surface area contributed by atoms with Gasteiger partial charge >= 0.3 is 6.29 Å². The largest absolute Gasteiger partial charge is 0.586 e. The van der Waals surface area contributed by atoms with Gasteiger partial charge in [0.05, 0.1) is 0 Å². The van der Waals surface area contributed by atoms with Crippen molar-refractivity contribution in [3.8, 4) is 11.5 Å². The van der Waals surface area contributed by atoms with Crippen molar-refractivity contribution in [3.05, 3.63) is 18.2 Å². The normalized spacial score (nSPS) is 26.2. The fourth-order valence-electron chi connectivity index (χ4n) is 3.08. The lowest BCUT2D eigenvalue weighted by molar-refractivity contribution is -0.286. The first-order valence-electron chi connectivity index (χ1n) is 7.49. The molecule has 0 radical (unpaired) electrons. The molecular formula is C16H21F2NO2. The number of nitrogens with one attached hydrogen (secondary N) is 1. The topological polar surface area (TPSA) is 30.5 Å². The first kappa shape index (κ1) is 14.4. The quantitative estimate of drug-likeness (QED) is 0.797. The van der Waals surface area contributed by atoms with E-state index in [0.717, 1.165) is 18.5 Å². The summed E-state index contributed by atoms with van der Waals surface area (Å²) in [6.07, 6.45) is 2.25. The van der Waals surface area contributed by atoms with Crippen LogP contribution in [0.5, 0.6) is 11.5 Å². The van der Waals surface area contributed by atoms with E-state index in [9.17, 15) is 8.78 Å². The van der Waals surface area contributed by atoms with E-state index in [0.29, 0.717) is 11.5 Å². The van der Waals surface area contributed by atoms with E-state index >= 15 is 0 Å². The summed E-state index contributed by atoms with van der Waals surface area (Å²) in [5.41, 5.74) is 1.20. The number of hydrogen-bond donors (Lipinski definition) is 1. The number of hydrogen-bond acceptors (Lipinski definition) is 3. The molecule has 3 rings (SSSR count). The maximum atomic E-state index is 13.0. The smallest absolute Gasteiger partial charge is 0.395 e. The summed E-state index contributed by atoms with van der Waals surface area (Å²) in [6.45, 7) is 4.61. The standard InChI is InChI=1S/C16H21F2NO2/c1-15(2)8-3-4-11(7-9-15)19-12-5-6-13-14(10-12)21-16(17,18)20-13/h5-6,10-11,19H,3-4,7-9H2,1-2H3. The second-order valence-electron chi connectivity index (χ2n) is 6.77. The fourth-order valence-corrected chi connectivity index (χ4v) is 3.08. The number of anilines is 1. The van der Waals surface area contributed by atoms with Gasteiger partial charge in [-0.25, -0.2) is 0 Å². The van der Waals surface area contributed by atoms with E-state index in [1.54, 1.807) is 12.1 Å². The van der Waals surface area contributed by atoms with E-state index < -0.39 is 6.29 Å². The highest BCUT2D eigenvalue weighted by Crippen LogP contribution is 2.42. The summed E-state index contributed by atoms with van der Waals surface area (Å²) in [7, 11) is 0. The zero-order valence-corrected chi connectivity index (χ0v) is 12.4. The van der Waals surface area contributed by atoms with Crippen molar-refractivity contribution in [2.24, 2.45) is 5.41 Å². The molecule has 1 aliphatic carbocycles. The first-order valence-corrected chi connectivity index (χ1v) is 7.49. The van der Waals surface area contributed by atoms with E-state index in [-0.39, 0.29) is 11.5 Å². The Bertz CT molecular complexity index is 531. The van der Waals surface area contributed by atoms with E-state index in [1.165, 1.54) is 25.3 Å². The molecule has 0 aromatic heterocycles. The number of ether oxygens (including phenoxy) is 2. The van der Waals surface area contributed by atoms with Crippen LogP contribution in [-0.4, -0.2) is 12.3 Å². The Morgan fingerprint density at radius 2 is 1.86 bits per heavy atom. The van der Waals surface area contributed by atoms with E-state index in [1.807, 2.05) is 0 Å². The van der Waals surface area contributed by atoms with Crippen LogP contribution in [0.3, 0.4) is 0 Å². The lowest BCUT2D eigenvalue weighted by atomic mass is 9.85. The van der Waals surface area contributed by atoms with Crippen molar-refractivity contribution in [2.75, 3.05) is 5.32 Å². The average molecular weight is 297 g/mol. The minimum atomic E-state index is -3.55. The van der Waals surface area contributed by atoms with Crippen LogP contribution in [0, 0.1) is 5.41 Å². The molecule has 21 heavy (non-hydrogen) atoms. The van der Waals surface area contributed by atoms with Gasteiger partial charge in [-0.05, 0) is 43.2 Å². The summed E-state index contributed by atoms with van der Waals surface area (Å²) in [5.74, 6) is 0.187. The molecule has 0 amide bonds. The van der Waals surface area contributed by atoms with Gasteiger partial charge in [-0.1, -0.05) is 20.3 Å². The third kappa shape index (κ3) is 3.39. The summed E-state index contributed by atoms with van der Waals surface area (Å²) >= 11 is 0. The van der Waals surface area contributed by atoms with Crippen LogP contribution >= 0.6 is 0 Å². The number of fused-ring (bicyclic) bond motifs is 1. The molecule has 0 saturated heterocycles. The second-order valence-corrected chi connectivity index (χ2v) is 6.77. The van der Waals surface area contributed by atoms with Gasteiger partial charge in [0, 0.05) is 17.8 Å². The molecular weight excluding hydrogens is 276 g/mol. The molecule has 0 bridgehead atoms. The monoisotopic (exact) mass is 297 g/mol. The molecule has 1 heterocycles. The Morgan fingerprint density at radius 3 is 2.67 bits per heavy atom. The van der Waals surface area contributed by atoms with Crippen LogP contribution in [-0.2, 0) is 0 Å². The zero-order chi connectivity index (χ0) is 15.1. The van der Waals surface area contributed by atoms with Crippen LogP contribution in [0.4, 0.5) is 14.5 Å². The Kier molecular flexibility index (Phi) is 3.46. The minimum absolute atomic E-state index is 0.0903. The first-order chi connectivity index (χ1) is 9.83. The number of alkyl halides is 2. The predicted molar refractivity (Wildman–Crippen MR) is 76.9 cm³/mol. The molecule has 1 unspecified atom stereocenters. The van der Waals surface area contributed by atoms with Crippen molar-refractivity contribution >= 4 is 5.69 Å². The fraction of sp³-hybridized carbons (Fsp3) is 0.625. The van der Waals surface area contributed by atoms with Crippen LogP contribution in [0.2, 0.25) is 0 Å². The van der Waals surface area contributed by atoms with E-state index in [4.69, 9.17) is 0 Å². The van der Waals surface area contributed by atoms with Crippen LogP contribution in [0.15, 0.2) is 18.2 Å². The Hall–Kier alpha value is -1.52. The molecule has 1 N–H and O–H groups in total. The summed E-state index contributed by atoms with van der Waals surface area (Å²) in [6, 6.07) is 5.26. The molecule has 1 atom stereocenters. The Morgan fingerprint density at radius 1 is 1.10 bits per heavy atom. The number of halogens is 2. The maximum absolute atomic E-state index is 13.0. The van der Waals surface area contributed by atoms with Gasteiger partial charge in [-0.3, -0.25) is 0 Å². The molecule has 1 fully saturated rings. The second kappa shape index (κ2) is 5.04. The molecule has 0 spiro atoms. The zero-order valence-electron chi connectivity index (χ0n) is 12.4. The van der Waals surface area contributed by atoms with Gasteiger partial charge in [0.2, 0.25) is 0 Å². The SMILES string of the molecule is CC1(C)CCCC(Nc2ccc3c(c2)OC(F)(F)O3)CC1. The van der Waals surface area contributed by atoms with Gasteiger partial charge in [0.1, 0.15) is 0 Å². The maximum Gasteiger partial charge on any atom is 0.586 e. The lowest BCUT2D eigenvalue weighted by Crippen LogP contribution is -2.25. The third-order valence-corrected chi connectivity index (χ3v) is 4.35. The van der Waals surface area contributed by atoms with Crippen molar-refractivity contribution < 1.29 is 18.3 Å². The molecule has 1 aliphatic heterocycles. The minimum Gasteiger partial charge on any atom is -0.395 e. The van der Waals surface area contributed by atoms with E-state index in [2.05, 4.69) is 28.6 Å². The van der Waals surface area contributed by atoms with Crippen LogP contribution in [0.25, 0.3) is 0 Å². The number of benzene rings is 1. The third-order valence-electron chi connectivity index (χ3n) is 4.35. The van der Waals surface area contributed by atoms with Crippen molar-refractivity contribution in [3.63, 3.8) is 0 Å². The predicted octanol–water partition coefficient (Wildman–Crippen LogP) is 4.78. The van der Waals surface area contributed by atoms with Crippen molar-refractivity contribution in [1.29, 1.82) is 0 Å². The van der Waals surface area contributed by atoms with Crippen LogP contribution in [0.1, 0.15) is 46.0 Å². The van der Waals surface area contributed by atoms with Gasteiger partial charge in [0.15, 0.2) is 11.5 Å². The molecule has 1 saturated carbocycles. The van der Waals surface area contributed by atoms with Gasteiger partial charge < -0.3 is 14.8 Å². The summed E-state index contributed by atoms with van der Waals surface area (Å²) in [5, 5.41) is 3.44. The highest BCUT2D eigenvalue weighted by Gasteiger charge is 2.43.